The molecule has 3 amide bonds. The second kappa shape index (κ2) is 27.2. The zero-order valence-corrected chi connectivity index (χ0v) is 43.0. The van der Waals surface area contributed by atoms with Gasteiger partial charge in [-0.05, 0) is 101 Å². The van der Waals surface area contributed by atoms with Gasteiger partial charge in [0.1, 0.15) is 29.6 Å². The van der Waals surface area contributed by atoms with Gasteiger partial charge in [-0.25, -0.2) is 0 Å². The summed E-state index contributed by atoms with van der Waals surface area (Å²) in [6, 6.07) is 44.9. The Hall–Kier alpha value is -6.82. The molecule has 14 heteroatoms. The number of phenols is 1. The van der Waals surface area contributed by atoms with Crippen LogP contribution in [0.5, 0.6) is 23.0 Å². The summed E-state index contributed by atoms with van der Waals surface area (Å²) < 4.78 is 17.6. The number of fused-ring (bicyclic) bond motifs is 1. The maximum Gasteiger partial charge on any atom is 0.255 e. The molecule has 13 nitrogen and oxygen atoms in total. The summed E-state index contributed by atoms with van der Waals surface area (Å²) in [6.45, 7) is 0.800. The third-order valence-corrected chi connectivity index (χ3v) is 11.2. The van der Waals surface area contributed by atoms with E-state index in [9.17, 15) is 19.5 Å². The van der Waals surface area contributed by atoms with Crippen molar-refractivity contribution < 1.29 is 69.9 Å². The Morgan fingerprint density at radius 2 is 1.17 bits per heavy atom. The monoisotopic (exact) mass is 1150 g/mol. The van der Waals surface area contributed by atoms with E-state index in [0.29, 0.717) is 41.7 Å². The Morgan fingerprint density at radius 3 is 1.81 bits per heavy atom. The standard InChI is InChI=1S/C48H42N4O7.C6H13N.CH4O.U/c1-57-44-27-38(17-21-41(44)51-47(55)37-15-20-40(49)43(26-37)58-24-23-31-12-18-39(53)19-13-31)48(56)52-42-22-16-36(28-45(42)59-30-32-7-3-2-4-8-32)46(54)50-29-33-11-14-34-9-5-6-10-35(34)25-33;7-6-4-2-1-3-5-6;1-2;/h2-22,25-28H,23-24,29-30H2,1H3,(H6,49,50,51,52,53,54,55,56);6H,1-5,7H2;2H,1H3;/p-1. The number of aliphatic hydroxyl groups is 1. The van der Waals surface area contributed by atoms with Crippen LogP contribution >= 0.6 is 0 Å². The average Bonchev–Trinajstić information content (AvgIpc) is 3.37. The van der Waals surface area contributed by atoms with Crippen LogP contribution < -0.4 is 35.9 Å². The van der Waals surface area contributed by atoms with Crippen LogP contribution in [-0.2, 0) is 19.6 Å². The minimum Gasteiger partial charge on any atom is -0.696 e. The second-order valence-corrected chi connectivity index (χ2v) is 16.0. The minimum atomic E-state index is -0.473. The predicted molar refractivity (Wildman–Crippen MR) is 268 cm³/mol. The molecule has 0 atom stereocenters. The SMILES string of the molecule is CO.COc1cc(C(=O)Nc2ccc(C(=O)NCc3ccc4ccccc4c3)cc2OCc2ccccc2)ccc1NC(=O)c1ccc([NH-])c(OCCc2ccc(O)cc2)c1.NC1CCCCC1.[U]. The van der Waals surface area contributed by atoms with Crippen molar-refractivity contribution in [2.45, 2.75) is 57.7 Å². The molecular weight excluding hydrogens is 1100 g/mol. The third kappa shape index (κ3) is 15.9. The molecule has 1 aliphatic rings. The van der Waals surface area contributed by atoms with Crippen LogP contribution in [0.4, 0.5) is 17.1 Å². The number of aliphatic hydroxyl groups excluding tert-OH is 1. The van der Waals surface area contributed by atoms with Gasteiger partial charge < -0.3 is 51.8 Å². The summed E-state index contributed by atoms with van der Waals surface area (Å²) >= 11 is 0. The molecule has 0 aromatic heterocycles. The Bertz CT molecular complexity index is 2770. The molecule has 7 aromatic carbocycles. The fraction of sp³-hybridized carbons (Fsp3) is 0.218. The van der Waals surface area contributed by atoms with E-state index in [2.05, 4.69) is 16.0 Å². The number of benzene rings is 7. The van der Waals surface area contributed by atoms with Crippen molar-refractivity contribution >= 4 is 45.6 Å². The first-order valence-electron chi connectivity index (χ1n) is 22.5. The summed E-state index contributed by atoms with van der Waals surface area (Å²) in [6.07, 6.45) is 7.21. The molecule has 0 spiro atoms. The maximum atomic E-state index is 13.7. The van der Waals surface area contributed by atoms with Crippen LogP contribution in [0, 0.1) is 31.1 Å². The minimum absolute atomic E-state index is 0. The number of carbonyl (C=O) groups is 3. The van der Waals surface area contributed by atoms with Crippen molar-refractivity contribution in [3.05, 3.63) is 191 Å². The Morgan fingerprint density at radius 1 is 0.609 bits per heavy atom. The average molecular weight is 1160 g/mol. The number of carbonyl (C=O) groups excluding carboxylic acids is 3. The summed E-state index contributed by atoms with van der Waals surface area (Å²) in [5, 5.41) is 27.4. The van der Waals surface area contributed by atoms with Crippen molar-refractivity contribution in [3.63, 3.8) is 0 Å². The van der Waals surface area contributed by atoms with E-state index in [1.165, 1.54) is 63.5 Å². The van der Waals surface area contributed by atoms with E-state index in [-0.39, 0.29) is 84.3 Å². The molecule has 0 bridgehead atoms. The molecule has 0 unspecified atom stereocenters. The first kappa shape index (κ1) is 53.1. The molecule has 356 valence electrons. The molecule has 0 saturated heterocycles. The summed E-state index contributed by atoms with van der Waals surface area (Å²) in [7, 11) is 2.43. The Kier molecular flexibility index (Phi) is 21.0. The molecule has 0 heterocycles. The van der Waals surface area contributed by atoms with E-state index in [4.69, 9.17) is 30.8 Å². The zero-order chi connectivity index (χ0) is 48.3. The molecule has 8 rings (SSSR count). The van der Waals surface area contributed by atoms with Gasteiger partial charge in [-0.15, -0.1) is 0 Å². The van der Waals surface area contributed by atoms with E-state index in [1.54, 1.807) is 54.6 Å². The van der Waals surface area contributed by atoms with E-state index < -0.39 is 11.8 Å². The number of methoxy groups -OCH3 is 1. The Balaban J connectivity index is 0.000000806. The van der Waals surface area contributed by atoms with Crippen LogP contribution in [-0.4, -0.2) is 54.8 Å². The van der Waals surface area contributed by atoms with Crippen molar-refractivity contribution in [1.29, 1.82) is 0 Å². The molecule has 1 saturated carbocycles. The molecular formula is C55H58N5O8U-. The van der Waals surface area contributed by atoms with Crippen LogP contribution in [0.3, 0.4) is 0 Å². The number of amides is 3. The first-order valence-corrected chi connectivity index (χ1v) is 22.5. The molecule has 8 N–H and O–H groups in total. The topological polar surface area (TPSA) is 205 Å². The van der Waals surface area contributed by atoms with Crippen molar-refractivity contribution in [2.75, 3.05) is 31.5 Å². The third-order valence-electron chi connectivity index (χ3n) is 11.2. The number of phenolic OH excluding ortho intramolecular Hbond substituents is 1. The number of nitrogens with two attached hydrogens (primary N) is 1. The number of anilines is 2. The van der Waals surface area contributed by atoms with Crippen LogP contribution in [0.2, 0.25) is 0 Å². The van der Waals surface area contributed by atoms with Gasteiger partial charge in [0.05, 0.1) is 25.1 Å². The molecule has 0 radical (unpaired) electrons. The van der Waals surface area contributed by atoms with Crippen molar-refractivity contribution in [1.82, 2.24) is 5.32 Å². The van der Waals surface area contributed by atoms with Gasteiger partial charge in [0.15, 0.2) is 0 Å². The normalized spacial score (nSPS) is 11.8. The molecule has 0 aliphatic heterocycles. The Labute approximate surface area is 427 Å². The first-order chi connectivity index (χ1) is 33.1. The van der Waals surface area contributed by atoms with E-state index in [1.807, 2.05) is 72.8 Å². The molecule has 7 aromatic rings. The van der Waals surface area contributed by atoms with Crippen molar-refractivity contribution in [3.8, 4) is 23.0 Å². The largest absolute Gasteiger partial charge is 0.696 e. The fourth-order valence-corrected chi connectivity index (χ4v) is 7.44. The second-order valence-electron chi connectivity index (χ2n) is 16.0. The quantitative estimate of drug-likeness (QED) is 0.0577. The number of hydrogen-bond acceptors (Lipinski definition) is 9. The number of hydrogen-bond donors (Lipinski definition) is 6. The van der Waals surface area contributed by atoms with E-state index in [0.717, 1.165) is 34.6 Å². The van der Waals surface area contributed by atoms with Gasteiger partial charge in [0, 0.05) is 73.9 Å². The van der Waals surface area contributed by atoms with E-state index >= 15 is 0 Å². The molecule has 69 heavy (non-hydrogen) atoms. The van der Waals surface area contributed by atoms with Crippen LogP contribution in [0.25, 0.3) is 16.5 Å². The van der Waals surface area contributed by atoms with Gasteiger partial charge in [-0.3, -0.25) is 14.4 Å². The number of aromatic hydroxyl groups is 1. The smallest absolute Gasteiger partial charge is 0.255 e. The molecule has 1 aliphatic carbocycles. The van der Waals surface area contributed by atoms with Gasteiger partial charge in [0.25, 0.3) is 17.7 Å². The van der Waals surface area contributed by atoms with Crippen LogP contribution in [0.15, 0.2) is 152 Å². The van der Waals surface area contributed by atoms with Crippen LogP contribution in [0.1, 0.15) is 79.9 Å². The van der Waals surface area contributed by atoms with Gasteiger partial charge in [-0.2, -0.15) is 0 Å². The fourth-order valence-electron chi connectivity index (χ4n) is 7.44. The number of ether oxygens (including phenoxy) is 3. The predicted octanol–water partition coefficient (Wildman–Crippen LogP) is 10.8. The number of nitrogens with one attached hydrogen (secondary N) is 4. The number of rotatable bonds is 15. The van der Waals surface area contributed by atoms with Gasteiger partial charge in [0.2, 0.25) is 0 Å². The molecule has 1 fully saturated rings. The summed E-state index contributed by atoms with van der Waals surface area (Å²) in [5.41, 5.74) is 18.4. The zero-order valence-electron chi connectivity index (χ0n) is 38.8. The summed E-state index contributed by atoms with van der Waals surface area (Å²) in [5.74, 6) is -0.268. The van der Waals surface area contributed by atoms with Gasteiger partial charge in [-0.1, -0.05) is 116 Å². The maximum absolute atomic E-state index is 13.7. The van der Waals surface area contributed by atoms with Gasteiger partial charge >= 0.3 is 0 Å². The summed E-state index contributed by atoms with van der Waals surface area (Å²) in [4.78, 5) is 40.4. The van der Waals surface area contributed by atoms with Crippen molar-refractivity contribution in [2.24, 2.45) is 5.73 Å².